The van der Waals surface area contributed by atoms with Gasteiger partial charge in [-0.25, -0.2) is 8.78 Å². The molecule has 1 rings (SSSR count). The van der Waals surface area contributed by atoms with Crippen LogP contribution in [0.2, 0.25) is 0 Å². The maximum absolute atomic E-state index is 13.0. The quantitative estimate of drug-likeness (QED) is 0.767. The maximum atomic E-state index is 13.0. The lowest BCUT2D eigenvalue weighted by Gasteiger charge is -2.05. The summed E-state index contributed by atoms with van der Waals surface area (Å²) in [5.74, 6) is -1.83. The van der Waals surface area contributed by atoms with Crippen LogP contribution in [-0.2, 0) is 4.79 Å². The van der Waals surface area contributed by atoms with E-state index in [-0.39, 0.29) is 18.1 Å². The van der Waals surface area contributed by atoms with Crippen LogP contribution in [0.15, 0.2) is 18.2 Å². The number of anilines is 1. The van der Waals surface area contributed by atoms with Crippen molar-refractivity contribution in [3.63, 3.8) is 0 Å². The van der Waals surface area contributed by atoms with Crippen molar-refractivity contribution in [3.8, 4) is 0 Å². The summed E-state index contributed by atoms with van der Waals surface area (Å²) >= 11 is 0. The molecule has 0 aliphatic heterocycles. The van der Waals surface area contributed by atoms with E-state index in [0.29, 0.717) is 0 Å². The molecule has 14 heavy (non-hydrogen) atoms. The van der Waals surface area contributed by atoms with Crippen molar-refractivity contribution < 1.29 is 13.6 Å². The van der Waals surface area contributed by atoms with Gasteiger partial charge in [-0.2, -0.15) is 0 Å². The van der Waals surface area contributed by atoms with Crippen molar-refractivity contribution in [1.29, 1.82) is 0 Å². The lowest BCUT2D eigenvalue weighted by Crippen LogP contribution is -2.25. The van der Waals surface area contributed by atoms with E-state index in [9.17, 15) is 13.6 Å². The van der Waals surface area contributed by atoms with Gasteiger partial charge in [0.05, 0.1) is 12.2 Å². The standard InChI is InChI=1S/C9H10F2N2O/c1-12-5-9(14)13-8-3-2-6(10)4-7(8)11/h2-4,12H,5H2,1H3,(H,13,14). The number of carbonyl (C=O) groups excluding carboxylic acids is 1. The maximum Gasteiger partial charge on any atom is 0.238 e. The molecule has 3 nitrogen and oxygen atoms in total. The molecule has 0 saturated carbocycles. The highest BCUT2D eigenvalue weighted by atomic mass is 19.1. The molecule has 1 aromatic carbocycles. The molecule has 1 aromatic rings. The first-order chi connectivity index (χ1) is 6.63. The first-order valence-electron chi connectivity index (χ1n) is 4.03. The Morgan fingerprint density at radius 2 is 2.14 bits per heavy atom. The molecular formula is C9H10F2N2O. The lowest BCUT2D eigenvalue weighted by atomic mass is 10.3. The zero-order valence-corrected chi connectivity index (χ0v) is 7.60. The van der Waals surface area contributed by atoms with E-state index >= 15 is 0 Å². The molecule has 0 aliphatic rings. The molecule has 0 radical (unpaired) electrons. The highest BCUT2D eigenvalue weighted by Gasteiger charge is 2.06. The molecule has 0 heterocycles. The Labute approximate surface area is 80.1 Å². The molecule has 0 aromatic heterocycles. The van der Waals surface area contributed by atoms with Gasteiger partial charge < -0.3 is 10.6 Å². The van der Waals surface area contributed by atoms with Gasteiger partial charge in [-0.3, -0.25) is 4.79 Å². The first-order valence-corrected chi connectivity index (χ1v) is 4.03. The Morgan fingerprint density at radius 1 is 1.43 bits per heavy atom. The van der Waals surface area contributed by atoms with Crippen molar-refractivity contribution in [2.24, 2.45) is 0 Å². The Kier molecular flexibility index (Phi) is 3.53. The van der Waals surface area contributed by atoms with Crippen LogP contribution in [0.4, 0.5) is 14.5 Å². The van der Waals surface area contributed by atoms with Crippen LogP contribution in [0.3, 0.4) is 0 Å². The largest absolute Gasteiger partial charge is 0.322 e. The van der Waals surface area contributed by atoms with Crippen molar-refractivity contribution >= 4 is 11.6 Å². The van der Waals surface area contributed by atoms with Crippen LogP contribution in [0, 0.1) is 11.6 Å². The molecule has 0 fully saturated rings. The van der Waals surface area contributed by atoms with Gasteiger partial charge in [0.2, 0.25) is 5.91 Å². The molecule has 0 saturated heterocycles. The van der Waals surface area contributed by atoms with Gasteiger partial charge in [0.15, 0.2) is 0 Å². The van der Waals surface area contributed by atoms with Crippen LogP contribution in [0.1, 0.15) is 0 Å². The van der Waals surface area contributed by atoms with Gasteiger partial charge in [0.1, 0.15) is 11.6 Å². The van der Waals surface area contributed by atoms with Gasteiger partial charge in [0.25, 0.3) is 0 Å². The number of hydrogen-bond donors (Lipinski definition) is 2. The number of carbonyl (C=O) groups is 1. The van der Waals surface area contributed by atoms with Crippen molar-refractivity contribution in [2.75, 3.05) is 18.9 Å². The third-order valence-corrected chi connectivity index (χ3v) is 1.54. The summed E-state index contributed by atoms with van der Waals surface area (Å²) in [6.45, 7) is 0.0802. The molecule has 0 unspecified atom stereocenters. The normalized spacial score (nSPS) is 9.93. The predicted molar refractivity (Wildman–Crippen MR) is 48.9 cm³/mol. The minimum atomic E-state index is -0.783. The average molecular weight is 200 g/mol. The van der Waals surface area contributed by atoms with Crippen LogP contribution in [-0.4, -0.2) is 19.5 Å². The second-order valence-electron chi connectivity index (χ2n) is 2.70. The van der Waals surface area contributed by atoms with E-state index < -0.39 is 11.6 Å². The molecule has 2 N–H and O–H groups in total. The number of benzene rings is 1. The fourth-order valence-corrected chi connectivity index (χ4v) is 0.946. The Bertz CT molecular complexity index is 342. The molecule has 0 aliphatic carbocycles. The number of nitrogens with one attached hydrogen (secondary N) is 2. The Morgan fingerprint density at radius 3 is 2.71 bits per heavy atom. The summed E-state index contributed by atoms with van der Waals surface area (Å²) in [6.07, 6.45) is 0. The first kappa shape index (κ1) is 10.6. The van der Waals surface area contributed by atoms with Gasteiger partial charge in [0, 0.05) is 6.07 Å². The summed E-state index contributed by atoms with van der Waals surface area (Å²) in [5, 5.41) is 4.91. The number of likely N-dealkylation sites (N-methyl/N-ethyl adjacent to an activating group) is 1. The van der Waals surface area contributed by atoms with E-state index in [4.69, 9.17) is 0 Å². The van der Waals surface area contributed by atoms with Crippen molar-refractivity contribution in [2.45, 2.75) is 0 Å². The lowest BCUT2D eigenvalue weighted by molar-refractivity contribution is -0.115. The van der Waals surface area contributed by atoms with E-state index in [1.807, 2.05) is 0 Å². The molecule has 1 amide bonds. The highest BCUT2D eigenvalue weighted by Crippen LogP contribution is 2.14. The molecule has 0 spiro atoms. The van der Waals surface area contributed by atoms with Gasteiger partial charge in [-0.1, -0.05) is 0 Å². The van der Waals surface area contributed by atoms with Crippen molar-refractivity contribution in [1.82, 2.24) is 5.32 Å². The molecule has 5 heteroatoms. The predicted octanol–water partition coefficient (Wildman–Crippen LogP) is 1.12. The van der Waals surface area contributed by atoms with Crippen LogP contribution in [0.5, 0.6) is 0 Å². The highest BCUT2D eigenvalue weighted by molar-refractivity contribution is 5.92. The van der Waals surface area contributed by atoms with E-state index in [2.05, 4.69) is 10.6 Å². The minimum Gasteiger partial charge on any atom is -0.322 e. The van der Waals surface area contributed by atoms with Gasteiger partial charge in [-0.15, -0.1) is 0 Å². The molecule has 0 atom stereocenters. The number of amides is 1. The minimum absolute atomic E-state index is 0.0216. The summed E-state index contributed by atoms with van der Waals surface area (Å²) in [7, 11) is 1.60. The van der Waals surface area contributed by atoms with Crippen LogP contribution >= 0.6 is 0 Å². The summed E-state index contributed by atoms with van der Waals surface area (Å²) < 4.78 is 25.4. The summed E-state index contributed by atoms with van der Waals surface area (Å²) in [4.78, 5) is 11.0. The van der Waals surface area contributed by atoms with Crippen molar-refractivity contribution in [3.05, 3.63) is 29.8 Å². The van der Waals surface area contributed by atoms with E-state index in [1.165, 1.54) is 6.07 Å². The third kappa shape index (κ3) is 2.77. The fraction of sp³-hybridized carbons (Fsp3) is 0.222. The monoisotopic (exact) mass is 200 g/mol. The third-order valence-electron chi connectivity index (χ3n) is 1.54. The summed E-state index contributed by atoms with van der Waals surface area (Å²) in [5.41, 5.74) is -0.0216. The van der Waals surface area contributed by atoms with Crippen LogP contribution in [0.25, 0.3) is 0 Å². The SMILES string of the molecule is CNCC(=O)Nc1ccc(F)cc1F. The van der Waals surface area contributed by atoms with Gasteiger partial charge in [-0.05, 0) is 19.2 Å². The number of halogens is 2. The second-order valence-corrected chi connectivity index (χ2v) is 2.70. The van der Waals surface area contributed by atoms with Crippen LogP contribution < -0.4 is 10.6 Å². The van der Waals surface area contributed by atoms with E-state index in [0.717, 1.165) is 12.1 Å². The fourth-order valence-electron chi connectivity index (χ4n) is 0.946. The number of rotatable bonds is 3. The summed E-state index contributed by atoms with van der Waals surface area (Å²) in [6, 6.07) is 2.98. The Hall–Kier alpha value is -1.49. The zero-order chi connectivity index (χ0) is 10.6. The van der Waals surface area contributed by atoms with Gasteiger partial charge >= 0.3 is 0 Å². The second kappa shape index (κ2) is 4.66. The topological polar surface area (TPSA) is 41.1 Å². The van der Waals surface area contributed by atoms with E-state index in [1.54, 1.807) is 7.05 Å². The molecular weight excluding hydrogens is 190 g/mol. The molecule has 76 valence electrons. The smallest absolute Gasteiger partial charge is 0.238 e. The Balaban J connectivity index is 2.72. The molecule has 0 bridgehead atoms. The average Bonchev–Trinajstić information content (AvgIpc) is 2.10. The number of hydrogen-bond acceptors (Lipinski definition) is 2. The zero-order valence-electron chi connectivity index (χ0n) is 7.60.